The molecule has 1 heterocycles. The summed E-state index contributed by atoms with van der Waals surface area (Å²) >= 11 is 1.06. The number of methoxy groups -OCH3 is 2. The monoisotopic (exact) mass is 489 g/mol. The maximum Gasteiger partial charge on any atom is 0.271 e. The van der Waals surface area contributed by atoms with Crippen molar-refractivity contribution < 1.29 is 27.5 Å². The van der Waals surface area contributed by atoms with Crippen molar-refractivity contribution in [2.75, 3.05) is 18.9 Å². The van der Waals surface area contributed by atoms with Gasteiger partial charge in [0.15, 0.2) is 0 Å². The van der Waals surface area contributed by atoms with E-state index < -0.39 is 21.8 Å². The van der Waals surface area contributed by atoms with Crippen LogP contribution in [0.5, 0.6) is 11.5 Å². The van der Waals surface area contributed by atoms with Crippen LogP contribution in [-0.4, -0.2) is 34.5 Å². The Labute approximate surface area is 195 Å². The van der Waals surface area contributed by atoms with E-state index in [0.29, 0.717) is 17.9 Å². The number of para-hydroxylation sites is 1. The number of anilines is 1. The second-order valence-electron chi connectivity index (χ2n) is 6.76. The van der Waals surface area contributed by atoms with E-state index >= 15 is 0 Å². The Kier molecular flexibility index (Phi) is 7.91. The maximum absolute atomic E-state index is 12.6. The number of hydrazine groups is 1. The molecule has 0 atom stereocenters. The zero-order valence-electron chi connectivity index (χ0n) is 18.0. The SMILES string of the molecule is COc1ccc(OC)c(CCC(=O)NNC(=O)c2ccccc2NS(=O)(=O)c2cccs2)c1. The molecular formula is C22H23N3O6S2. The minimum absolute atomic E-state index is 0.0624. The first-order chi connectivity index (χ1) is 15.8. The Morgan fingerprint density at radius 2 is 1.76 bits per heavy atom. The third-order valence-electron chi connectivity index (χ3n) is 4.60. The molecule has 174 valence electrons. The third kappa shape index (κ3) is 6.24. The molecule has 3 rings (SSSR count). The molecule has 0 fully saturated rings. The Morgan fingerprint density at radius 3 is 2.45 bits per heavy atom. The first-order valence-electron chi connectivity index (χ1n) is 9.79. The summed E-state index contributed by atoms with van der Waals surface area (Å²) in [5, 5.41) is 1.64. The van der Waals surface area contributed by atoms with Crippen LogP contribution in [0, 0.1) is 0 Å². The van der Waals surface area contributed by atoms with Crippen molar-refractivity contribution in [1.29, 1.82) is 0 Å². The van der Waals surface area contributed by atoms with E-state index in [1.54, 1.807) is 48.9 Å². The number of sulfonamides is 1. The highest BCUT2D eigenvalue weighted by Gasteiger charge is 2.19. The van der Waals surface area contributed by atoms with Gasteiger partial charge in [-0.05, 0) is 53.8 Å². The number of carbonyl (C=O) groups is 2. The van der Waals surface area contributed by atoms with E-state index in [1.165, 1.54) is 25.3 Å². The van der Waals surface area contributed by atoms with Crippen molar-refractivity contribution in [2.45, 2.75) is 17.1 Å². The molecule has 0 bridgehead atoms. The van der Waals surface area contributed by atoms with Crippen LogP contribution in [0.3, 0.4) is 0 Å². The molecular weight excluding hydrogens is 466 g/mol. The minimum Gasteiger partial charge on any atom is -0.497 e. The lowest BCUT2D eigenvalue weighted by Crippen LogP contribution is -2.42. The largest absolute Gasteiger partial charge is 0.497 e. The van der Waals surface area contributed by atoms with Crippen LogP contribution in [0.4, 0.5) is 5.69 Å². The van der Waals surface area contributed by atoms with E-state index in [4.69, 9.17) is 9.47 Å². The van der Waals surface area contributed by atoms with Gasteiger partial charge in [-0.3, -0.25) is 25.2 Å². The summed E-state index contributed by atoms with van der Waals surface area (Å²) in [6.45, 7) is 0. The van der Waals surface area contributed by atoms with Gasteiger partial charge in [0.05, 0.1) is 25.5 Å². The van der Waals surface area contributed by atoms with Crippen molar-refractivity contribution >= 4 is 38.9 Å². The molecule has 0 saturated carbocycles. The molecule has 3 N–H and O–H groups in total. The fourth-order valence-corrected chi connectivity index (χ4v) is 5.04. The van der Waals surface area contributed by atoms with Gasteiger partial charge in [-0.25, -0.2) is 8.42 Å². The number of aryl methyl sites for hydroxylation is 1. The molecule has 2 amide bonds. The topological polar surface area (TPSA) is 123 Å². The predicted octanol–water partition coefficient (Wildman–Crippen LogP) is 2.96. The van der Waals surface area contributed by atoms with E-state index in [2.05, 4.69) is 15.6 Å². The summed E-state index contributed by atoms with van der Waals surface area (Å²) in [4.78, 5) is 24.9. The van der Waals surface area contributed by atoms with E-state index in [0.717, 1.165) is 16.9 Å². The van der Waals surface area contributed by atoms with Gasteiger partial charge >= 0.3 is 0 Å². The molecule has 0 aliphatic heterocycles. The number of amides is 2. The molecule has 11 heteroatoms. The van der Waals surface area contributed by atoms with Crippen LogP contribution < -0.4 is 25.0 Å². The fraction of sp³-hybridized carbons (Fsp3) is 0.182. The Hall–Kier alpha value is -3.57. The summed E-state index contributed by atoms with van der Waals surface area (Å²) in [5.41, 5.74) is 5.61. The number of hydrogen-bond acceptors (Lipinski definition) is 7. The highest BCUT2D eigenvalue weighted by Crippen LogP contribution is 2.25. The van der Waals surface area contributed by atoms with Crippen molar-refractivity contribution in [3.8, 4) is 11.5 Å². The van der Waals surface area contributed by atoms with Gasteiger partial charge in [0.25, 0.3) is 15.9 Å². The van der Waals surface area contributed by atoms with Crippen LogP contribution in [0.15, 0.2) is 64.2 Å². The van der Waals surface area contributed by atoms with Gasteiger partial charge in [0.1, 0.15) is 15.7 Å². The van der Waals surface area contributed by atoms with Gasteiger partial charge in [-0.15, -0.1) is 11.3 Å². The second kappa shape index (κ2) is 10.8. The Balaban J connectivity index is 1.61. The molecule has 2 aromatic carbocycles. The summed E-state index contributed by atoms with van der Waals surface area (Å²) in [7, 11) is -0.745. The molecule has 0 saturated heterocycles. The summed E-state index contributed by atoms with van der Waals surface area (Å²) in [5.74, 6) is 0.178. The Bertz CT molecular complexity index is 1230. The molecule has 9 nitrogen and oxygen atoms in total. The zero-order chi connectivity index (χ0) is 23.8. The normalized spacial score (nSPS) is 10.8. The van der Waals surface area contributed by atoms with E-state index in [9.17, 15) is 18.0 Å². The molecule has 0 aliphatic rings. The number of ether oxygens (including phenoxy) is 2. The van der Waals surface area contributed by atoms with Crippen molar-refractivity contribution in [3.63, 3.8) is 0 Å². The van der Waals surface area contributed by atoms with Crippen LogP contribution >= 0.6 is 11.3 Å². The number of hydrogen-bond donors (Lipinski definition) is 3. The second-order valence-corrected chi connectivity index (χ2v) is 9.62. The van der Waals surface area contributed by atoms with E-state index in [-0.39, 0.29) is 21.9 Å². The van der Waals surface area contributed by atoms with Crippen molar-refractivity contribution in [1.82, 2.24) is 10.9 Å². The van der Waals surface area contributed by atoms with Crippen LogP contribution in [0.1, 0.15) is 22.3 Å². The number of rotatable bonds is 9. The molecule has 0 unspecified atom stereocenters. The molecule has 1 aromatic heterocycles. The highest BCUT2D eigenvalue weighted by atomic mass is 32.2. The lowest BCUT2D eigenvalue weighted by molar-refractivity contribution is -0.121. The Morgan fingerprint density at radius 1 is 0.970 bits per heavy atom. The average Bonchev–Trinajstić information content (AvgIpc) is 3.37. The van der Waals surface area contributed by atoms with Crippen LogP contribution in [0.2, 0.25) is 0 Å². The minimum atomic E-state index is -3.83. The van der Waals surface area contributed by atoms with Gasteiger partial charge < -0.3 is 9.47 Å². The van der Waals surface area contributed by atoms with Gasteiger partial charge in [0.2, 0.25) is 5.91 Å². The number of carbonyl (C=O) groups excluding carboxylic acids is 2. The fourth-order valence-electron chi connectivity index (χ4n) is 2.96. The van der Waals surface area contributed by atoms with Crippen molar-refractivity contribution in [2.24, 2.45) is 0 Å². The van der Waals surface area contributed by atoms with Crippen LogP contribution in [0.25, 0.3) is 0 Å². The lowest BCUT2D eigenvalue weighted by atomic mass is 10.1. The molecule has 0 radical (unpaired) electrons. The summed E-state index contributed by atoms with van der Waals surface area (Å²) < 4.78 is 38.0. The first-order valence-corrected chi connectivity index (χ1v) is 12.2. The number of nitrogens with one attached hydrogen (secondary N) is 3. The zero-order valence-corrected chi connectivity index (χ0v) is 19.6. The maximum atomic E-state index is 12.6. The number of benzene rings is 2. The third-order valence-corrected chi connectivity index (χ3v) is 7.36. The lowest BCUT2D eigenvalue weighted by Gasteiger charge is -2.13. The van der Waals surface area contributed by atoms with E-state index in [1.807, 2.05) is 0 Å². The van der Waals surface area contributed by atoms with Gasteiger partial charge in [-0.2, -0.15) is 0 Å². The number of thiophene rings is 1. The predicted molar refractivity (Wildman–Crippen MR) is 125 cm³/mol. The standard InChI is InChI=1S/C22H23N3O6S2/c1-30-16-10-11-19(31-2)15(14-16)9-12-20(26)23-24-22(27)17-6-3-4-7-18(17)25-33(28,29)21-8-5-13-32-21/h3-8,10-11,13-14,25H,9,12H2,1-2H3,(H,23,26)(H,24,27). The quantitative estimate of drug-likeness (QED) is 0.397. The molecule has 0 spiro atoms. The summed E-state index contributed by atoms with van der Waals surface area (Å²) in [6, 6.07) is 14.5. The average molecular weight is 490 g/mol. The molecule has 3 aromatic rings. The van der Waals surface area contributed by atoms with Crippen molar-refractivity contribution in [3.05, 3.63) is 71.1 Å². The van der Waals surface area contributed by atoms with Gasteiger partial charge in [-0.1, -0.05) is 18.2 Å². The smallest absolute Gasteiger partial charge is 0.271 e. The molecule has 0 aliphatic carbocycles. The summed E-state index contributed by atoms with van der Waals surface area (Å²) in [6.07, 6.45) is 0.440. The molecule has 33 heavy (non-hydrogen) atoms. The van der Waals surface area contributed by atoms with Gasteiger partial charge in [0, 0.05) is 6.42 Å². The highest BCUT2D eigenvalue weighted by molar-refractivity contribution is 7.94. The first kappa shape index (κ1) is 24.1. The van der Waals surface area contributed by atoms with Crippen LogP contribution in [-0.2, 0) is 21.2 Å².